The molecule has 1 fully saturated rings. The minimum absolute atomic E-state index is 0.0665. The molecule has 9 heteroatoms. The van der Waals surface area contributed by atoms with Crippen molar-refractivity contribution in [2.45, 2.75) is 17.9 Å². The SMILES string of the molecule is C[C@@H](NCC(=O)N1CCN(S(=O)(=O)c2ccccc2Cl)CC1)c1ccco1. The zero-order chi connectivity index (χ0) is 19.4. The quantitative estimate of drug-likeness (QED) is 0.787. The summed E-state index contributed by atoms with van der Waals surface area (Å²) in [5.74, 6) is 0.696. The first-order valence-corrected chi connectivity index (χ1v) is 10.5. The van der Waals surface area contributed by atoms with E-state index in [1.807, 2.05) is 13.0 Å². The number of piperazine rings is 1. The molecule has 0 bridgehead atoms. The number of nitrogens with zero attached hydrogens (tertiary/aromatic N) is 2. The minimum Gasteiger partial charge on any atom is -0.468 e. The Balaban J connectivity index is 1.54. The van der Waals surface area contributed by atoms with E-state index in [9.17, 15) is 13.2 Å². The first-order chi connectivity index (χ1) is 12.9. The number of benzene rings is 1. The molecule has 0 unspecified atom stereocenters. The van der Waals surface area contributed by atoms with Crippen LogP contribution in [0.15, 0.2) is 52.0 Å². The van der Waals surface area contributed by atoms with Crippen LogP contribution in [0.5, 0.6) is 0 Å². The average molecular weight is 412 g/mol. The summed E-state index contributed by atoms with van der Waals surface area (Å²) in [4.78, 5) is 14.2. The molecule has 146 valence electrons. The Morgan fingerprint density at radius 3 is 2.52 bits per heavy atom. The molecule has 0 spiro atoms. The second-order valence-electron chi connectivity index (χ2n) is 6.33. The Hall–Kier alpha value is -1.87. The van der Waals surface area contributed by atoms with E-state index in [0.717, 1.165) is 5.76 Å². The molecule has 1 saturated heterocycles. The van der Waals surface area contributed by atoms with Crippen LogP contribution < -0.4 is 5.32 Å². The molecule has 0 radical (unpaired) electrons. The Bertz CT molecular complexity index is 878. The number of nitrogens with one attached hydrogen (secondary N) is 1. The maximum atomic E-state index is 12.7. The average Bonchev–Trinajstić information content (AvgIpc) is 3.21. The smallest absolute Gasteiger partial charge is 0.244 e. The molecule has 27 heavy (non-hydrogen) atoms. The first-order valence-electron chi connectivity index (χ1n) is 8.69. The van der Waals surface area contributed by atoms with Crippen LogP contribution in [0, 0.1) is 0 Å². The molecule has 2 heterocycles. The fraction of sp³-hybridized carbons (Fsp3) is 0.389. The molecule has 1 atom stereocenters. The summed E-state index contributed by atoms with van der Waals surface area (Å²) >= 11 is 6.03. The highest BCUT2D eigenvalue weighted by Gasteiger charge is 2.31. The van der Waals surface area contributed by atoms with Crippen molar-refractivity contribution in [3.05, 3.63) is 53.4 Å². The summed E-state index contributed by atoms with van der Waals surface area (Å²) in [5.41, 5.74) is 0. The van der Waals surface area contributed by atoms with E-state index in [4.69, 9.17) is 16.0 Å². The first kappa shape index (κ1) is 19.9. The van der Waals surface area contributed by atoms with Crippen molar-refractivity contribution in [1.29, 1.82) is 0 Å². The Labute approximate surface area is 163 Å². The number of furan rings is 1. The van der Waals surface area contributed by atoms with Crippen LogP contribution in [0.3, 0.4) is 0 Å². The van der Waals surface area contributed by atoms with E-state index in [-0.39, 0.29) is 41.5 Å². The zero-order valence-electron chi connectivity index (χ0n) is 15.0. The highest BCUT2D eigenvalue weighted by molar-refractivity contribution is 7.89. The molecular formula is C18H22ClN3O4S. The van der Waals surface area contributed by atoms with Gasteiger partial charge in [-0.3, -0.25) is 10.1 Å². The van der Waals surface area contributed by atoms with Crippen LogP contribution in [-0.4, -0.2) is 56.3 Å². The van der Waals surface area contributed by atoms with Crippen LogP contribution in [0.1, 0.15) is 18.7 Å². The third-order valence-corrected chi connectivity index (χ3v) is 6.97. The molecular weight excluding hydrogens is 390 g/mol. The molecule has 2 aromatic rings. The summed E-state index contributed by atoms with van der Waals surface area (Å²) in [7, 11) is -3.66. The van der Waals surface area contributed by atoms with E-state index in [0.29, 0.717) is 13.1 Å². The van der Waals surface area contributed by atoms with Crippen LogP contribution in [0.4, 0.5) is 0 Å². The second kappa shape index (κ2) is 8.43. The maximum Gasteiger partial charge on any atom is 0.244 e. The van der Waals surface area contributed by atoms with Gasteiger partial charge < -0.3 is 9.32 Å². The largest absolute Gasteiger partial charge is 0.468 e. The summed E-state index contributed by atoms with van der Waals surface area (Å²) < 4.78 is 32.2. The van der Waals surface area contributed by atoms with Crippen molar-refractivity contribution in [3.8, 4) is 0 Å². The number of carbonyl (C=O) groups is 1. The number of carbonyl (C=O) groups excluding carboxylic acids is 1. The fourth-order valence-corrected chi connectivity index (χ4v) is 4.88. The van der Waals surface area contributed by atoms with Gasteiger partial charge in [0.2, 0.25) is 15.9 Å². The number of amides is 1. The zero-order valence-corrected chi connectivity index (χ0v) is 16.5. The van der Waals surface area contributed by atoms with Gasteiger partial charge in [0, 0.05) is 26.2 Å². The summed E-state index contributed by atoms with van der Waals surface area (Å²) in [5, 5.41) is 3.32. The topological polar surface area (TPSA) is 82.9 Å². The molecule has 1 amide bonds. The fourth-order valence-electron chi connectivity index (χ4n) is 2.96. The lowest BCUT2D eigenvalue weighted by atomic mass is 10.2. The number of sulfonamides is 1. The van der Waals surface area contributed by atoms with Crippen molar-refractivity contribution >= 4 is 27.5 Å². The summed E-state index contributed by atoms with van der Waals surface area (Å²) in [6, 6.07) is 9.95. The van der Waals surface area contributed by atoms with Gasteiger partial charge in [0.15, 0.2) is 0 Å². The molecule has 1 aromatic carbocycles. The maximum absolute atomic E-state index is 12.7. The number of hydrogen-bond donors (Lipinski definition) is 1. The van der Waals surface area contributed by atoms with Gasteiger partial charge in [0.1, 0.15) is 10.7 Å². The number of halogens is 1. The van der Waals surface area contributed by atoms with Gasteiger partial charge in [-0.2, -0.15) is 4.31 Å². The minimum atomic E-state index is -3.66. The lowest BCUT2D eigenvalue weighted by molar-refractivity contribution is -0.131. The molecule has 1 aliphatic heterocycles. The Morgan fingerprint density at radius 1 is 1.19 bits per heavy atom. The second-order valence-corrected chi connectivity index (χ2v) is 8.65. The van der Waals surface area contributed by atoms with Crippen molar-refractivity contribution in [2.75, 3.05) is 32.7 Å². The van der Waals surface area contributed by atoms with Gasteiger partial charge in [0.25, 0.3) is 0 Å². The van der Waals surface area contributed by atoms with Crippen LogP contribution in [0.25, 0.3) is 0 Å². The molecule has 1 aliphatic rings. The standard InChI is InChI=1S/C18H22ClN3O4S/c1-14(16-6-4-12-26-16)20-13-18(23)21-8-10-22(11-9-21)27(24,25)17-7-3-2-5-15(17)19/h2-7,12,14,20H,8-11,13H2,1H3/t14-/m1/s1. The van der Waals surface area contributed by atoms with Gasteiger partial charge in [-0.25, -0.2) is 8.42 Å². The van der Waals surface area contributed by atoms with Gasteiger partial charge in [0.05, 0.1) is 23.9 Å². The van der Waals surface area contributed by atoms with Crippen LogP contribution >= 0.6 is 11.6 Å². The van der Waals surface area contributed by atoms with Crippen molar-refractivity contribution < 1.29 is 17.6 Å². The predicted molar refractivity (Wildman–Crippen MR) is 102 cm³/mol. The molecule has 7 nitrogen and oxygen atoms in total. The third-order valence-electron chi connectivity index (χ3n) is 4.58. The van der Waals surface area contributed by atoms with E-state index in [1.54, 1.807) is 35.4 Å². The Kier molecular flexibility index (Phi) is 6.21. The van der Waals surface area contributed by atoms with E-state index < -0.39 is 10.0 Å². The van der Waals surface area contributed by atoms with Crippen molar-refractivity contribution in [2.24, 2.45) is 0 Å². The molecule has 3 rings (SSSR count). The van der Waals surface area contributed by atoms with E-state index in [1.165, 1.54) is 10.4 Å². The van der Waals surface area contributed by atoms with E-state index in [2.05, 4.69) is 5.32 Å². The lowest BCUT2D eigenvalue weighted by Crippen LogP contribution is -2.52. The normalized spacial score (nSPS) is 17.0. The van der Waals surface area contributed by atoms with Gasteiger partial charge >= 0.3 is 0 Å². The molecule has 1 aromatic heterocycles. The molecule has 1 N–H and O–H groups in total. The lowest BCUT2D eigenvalue weighted by Gasteiger charge is -2.34. The van der Waals surface area contributed by atoms with Crippen molar-refractivity contribution in [3.63, 3.8) is 0 Å². The molecule has 0 aliphatic carbocycles. The summed E-state index contributed by atoms with van der Waals surface area (Å²) in [6.07, 6.45) is 1.59. The van der Waals surface area contributed by atoms with Gasteiger partial charge in [-0.05, 0) is 31.2 Å². The monoisotopic (exact) mass is 411 g/mol. The Morgan fingerprint density at radius 2 is 1.89 bits per heavy atom. The van der Waals surface area contributed by atoms with E-state index >= 15 is 0 Å². The number of rotatable bonds is 6. The van der Waals surface area contributed by atoms with Crippen molar-refractivity contribution in [1.82, 2.24) is 14.5 Å². The van der Waals surface area contributed by atoms with Gasteiger partial charge in [-0.15, -0.1) is 0 Å². The summed E-state index contributed by atoms with van der Waals surface area (Å²) in [6.45, 7) is 3.26. The third kappa shape index (κ3) is 4.52. The van der Waals surface area contributed by atoms with Gasteiger partial charge in [-0.1, -0.05) is 23.7 Å². The number of hydrogen-bond acceptors (Lipinski definition) is 5. The van der Waals surface area contributed by atoms with Crippen LogP contribution in [-0.2, 0) is 14.8 Å². The molecule has 0 saturated carbocycles. The van der Waals surface area contributed by atoms with Crippen LogP contribution in [0.2, 0.25) is 5.02 Å². The predicted octanol–water partition coefficient (Wildman–Crippen LogP) is 2.12. The highest BCUT2D eigenvalue weighted by Crippen LogP contribution is 2.25. The highest BCUT2D eigenvalue weighted by atomic mass is 35.5.